The number of carbonyl (C=O) groups excluding carboxylic acids is 2. The Labute approximate surface area is 104 Å². The van der Waals surface area contributed by atoms with Gasteiger partial charge in [0, 0.05) is 17.3 Å². The van der Waals surface area contributed by atoms with Crippen molar-refractivity contribution < 1.29 is 9.59 Å². The summed E-state index contributed by atoms with van der Waals surface area (Å²) in [5.74, 6) is 0.898. The van der Waals surface area contributed by atoms with Crippen molar-refractivity contribution in [1.29, 1.82) is 0 Å². The molecule has 2 fully saturated rings. The zero-order valence-corrected chi connectivity index (χ0v) is 12.0. The quantitative estimate of drug-likeness (QED) is 0.701. The highest BCUT2D eigenvalue weighted by atomic mass is 16.1. The van der Waals surface area contributed by atoms with E-state index < -0.39 is 0 Å². The van der Waals surface area contributed by atoms with Gasteiger partial charge in [-0.05, 0) is 23.7 Å². The maximum absolute atomic E-state index is 12.6. The molecule has 0 aromatic carbocycles. The average molecular weight is 236 g/mol. The van der Waals surface area contributed by atoms with Crippen LogP contribution in [0.4, 0.5) is 0 Å². The standard InChI is InChI=1S/C15H24O2/c1-8(16)9-10-11(13(2,3)4)12(17)15(9,10)14(5,6)7/h9-11H,1-7H3. The number of fused-ring (bicyclic) bond motifs is 1. The van der Waals surface area contributed by atoms with Gasteiger partial charge in [0.2, 0.25) is 0 Å². The Balaban J connectivity index is 2.40. The molecule has 2 heteroatoms. The van der Waals surface area contributed by atoms with E-state index in [0.717, 1.165) is 0 Å². The van der Waals surface area contributed by atoms with E-state index in [2.05, 4.69) is 41.5 Å². The first-order valence-electron chi connectivity index (χ1n) is 6.52. The van der Waals surface area contributed by atoms with Crippen molar-refractivity contribution in [2.75, 3.05) is 0 Å². The van der Waals surface area contributed by atoms with Gasteiger partial charge >= 0.3 is 0 Å². The van der Waals surface area contributed by atoms with Crippen molar-refractivity contribution in [2.24, 2.45) is 34.0 Å². The predicted molar refractivity (Wildman–Crippen MR) is 67.5 cm³/mol. The fourth-order valence-corrected chi connectivity index (χ4v) is 4.35. The second-order valence-corrected chi connectivity index (χ2v) is 7.94. The molecule has 2 rings (SSSR count). The van der Waals surface area contributed by atoms with Crippen molar-refractivity contribution in [2.45, 2.75) is 48.5 Å². The summed E-state index contributed by atoms with van der Waals surface area (Å²) in [5, 5.41) is 0. The van der Waals surface area contributed by atoms with E-state index in [1.165, 1.54) is 0 Å². The van der Waals surface area contributed by atoms with E-state index >= 15 is 0 Å². The zero-order chi connectivity index (χ0) is 13.4. The molecule has 4 atom stereocenters. The third-order valence-electron chi connectivity index (χ3n) is 4.93. The Kier molecular flexibility index (Phi) is 2.27. The molecule has 2 aliphatic rings. The molecular weight excluding hydrogens is 212 g/mol. The fourth-order valence-electron chi connectivity index (χ4n) is 4.35. The minimum absolute atomic E-state index is 0.0132. The van der Waals surface area contributed by atoms with Gasteiger partial charge in [0.15, 0.2) is 0 Å². The number of hydrogen-bond acceptors (Lipinski definition) is 2. The van der Waals surface area contributed by atoms with Gasteiger partial charge in [-0.3, -0.25) is 9.59 Å². The summed E-state index contributed by atoms with van der Waals surface area (Å²) < 4.78 is 0. The van der Waals surface area contributed by atoms with Crippen LogP contribution < -0.4 is 0 Å². The van der Waals surface area contributed by atoms with Crippen LogP contribution in [-0.2, 0) is 9.59 Å². The van der Waals surface area contributed by atoms with Gasteiger partial charge in [-0.1, -0.05) is 41.5 Å². The van der Waals surface area contributed by atoms with Gasteiger partial charge in [0.1, 0.15) is 11.6 Å². The molecule has 4 unspecified atom stereocenters. The highest BCUT2D eigenvalue weighted by Crippen LogP contribution is 2.81. The third-order valence-corrected chi connectivity index (χ3v) is 4.93. The molecule has 0 aromatic heterocycles. The van der Waals surface area contributed by atoms with Gasteiger partial charge in [0.25, 0.3) is 0 Å². The maximum Gasteiger partial charge on any atom is 0.144 e. The number of hydrogen-bond donors (Lipinski definition) is 0. The van der Waals surface area contributed by atoms with E-state index in [0.29, 0.717) is 11.7 Å². The topological polar surface area (TPSA) is 34.1 Å². The van der Waals surface area contributed by atoms with Gasteiger partial charge in [-0.2, -0.15) is 0 Å². The van der Waals surface area contributed by atoms with E-state index in [1.807, 2.05) is 0 Å². The van der Waals surface area contributed by atoms with Crippen LogP contribution in [0.5, 0.6) is 0 Å². The van der Waals surface area contributed by atoms with Crippen LogP contribution >= 0.6 is 0 Å². The fraction of sp³-hybridized carbons (Fsp3) is 0.867. The Hall–Kier alpha value is -0.660. The molecule has 0 aliphatic heterocycles. The summed E-state index contributed by atoms with van der Waals surface area (Å²) in [5.41, 5.74) is -0.440. The Morgan fingerprint density at radius 1 is 1.12 bits per heavy atom. The SMILES string of the molecule is CC(=O)C1C2C(C(C)(C)C)C(=O)C12C(C)(C)C. The Morgan fingerprint density at radius 3 is 1.82 bits per heavy atom. The first-order chi connectivity index (χ1) is 7.47. The summed E-state index contributed by atoms with van der Waals surface area (Å²) in [6.45, 7) is 14.3. The molecule has 2 nitrogen and oxygen atoms in total. The lowest BCUT2D eigenvalue weighted by molar-refractivity contribution is -0.149. The molecule has 0 radical (unpaired) electrons. The smallest absolute Gasteiger partial charge is 0.144 e. The van der Waals surface area contributed by atoms with E-state index in [9.17, 15) is 9.59 Å². The molecule has 0 N–H and O–H groups in total. The molecule has 17 heavy (non-hydrogen) atoms. The minimum Gasteiger partial charge on any atom is -0.300 e. The van der Waals surface area contributed by atoms with Crippen molar-refractivity contribution >= 4 is 11.6 Å². The Morgan fingerprint density at radius 2 is 1.59 bits per heavy atom. The van der Waals surface area contributed by atoms with Crippen LogP contribution in [0.15, 0.2) is 0 Å². The first kappa shape index (κ1) is 12.8. The molecule has 96 valence electrons. The van der Waals surface area contributed by atoms with Crippen LogP contribution in [-0.4, -0.2) is 11.6 Å². The van der Waals surface area contributed by atoms with Crippen molar-refractivity contribution in [3.8, 4) is 0 Å². The van der Waals surface area contributed by atoms with E-state index in [4.69, 9.17) is 0 Å². The molecule has 0 aromatic rings. The van der Waals surface area contributed by atoms with Crippen LogP contribution in [0.2, 0.25) is 0 Å². The second-order valence-electron chi connectivity index (χ2n) is 7.94. The zero-order valence-electron chi connectivity index (χ0n) is 12.0. The summed E-state index contributed by atoms with van der Waals surface area (Å²) in [6, 6.07) is 0. The molecule has 0 saturated heterocycles. The maximum atomic E-state index is 12.6. The largest absolute Gasteiger partial charge is 0.300 e. The highest BCUT2D eigenvalue weighted by molar-refractivity contribution is 6.07. The molecule has 2 aliphatic carbocycles. The van der Waals surface area contributed by atoms with Gasteiger partial charge in [-0.15, -0.1) is 0 Å². The van der Waals surface area contributed by atoms with Gasteiger partial charge < -0.3 is 0 Å². The lowest BCUT2D eigenvalue weighted by Crippen LogP contribution is -2.52. The summed E-state index contributed by atoms with van der Waals surface area (Å²) in [6.07, 6.45) is 0. The Bertz CT molecular complexity index is 394. The highest BCUT2D eigenvalue weighted by Gasteiger charge is 2.87. The van der Waals surface area contributed by atoms with E-state index in [1.54, 1.807) is 6.92 Å². The normalized spacial score (nSPS) is 40.6. The van der Waals surface area contributed by atoms with Crippen LogP contribution in [0.1, 0.15) is 48.5 Å². The number of Topliss-reactive ketones (excluding diaryl/α,β-unsaturated/α-hetero) is 2. The van der Waals surface area contributed by atoms with Gasteiger partial charge in [0.05, 0.1) is 0 Å². The van der Waals surface area contributed by atoms with Crippen molar-refractivity contribution in [3.63, 3.8) is 0 Å². The number of rotatable bonds is 1. The monoisotopic (exact) mass is 236 g/mol. The minimum atomic E-state index is -0.337. The second kappa shape index (κ2) is 3.02. The summed E-state index contributed by atoms with van der Waals surface area (Å²) >= 11 is 0. The molecule has 0 amide bonds. The molecule has 0 spiro atoms. The summed E-state index contributed by atoms with van der Waals surface area (Å²) in [4.78, 5) is 24.4. The molecule has 0 bridgehead atoms. The van der Waals surface area contributed by atoms with Crippen LogP contribution in [0, 0.1) is 34.0 Å². The van der Waals surface area contributed by atoms with Crippen LogP contribution in [0.25, 0.3) is 0 Å². The number of ketones is 2. The molecular formula is C15H24O2. The average Bonchev–Trinajstić information content (AvgIpc) is 2.64. The molecule has 2 saturated carbocycles. The van der Waals surface area contributed by atoms with E-state index in [-0.39, 0.29) is 33.9 Å². The van der Waals surface area contributed by atoms with Crippen molar-refractivity contribution in [3.05, 3.63) is 0 Å². The van der Waals surface area contributed by atoms with Crippen molar-refractivity contribution in [1.82, 2.24) is 0 Å². The lowest BCUT2D eigenvalue weighted by Gasteiger charge is -2.46. The van der Waals surface area contributed by atoms with Gasteiger partial charge in [-0.25, -0.2) is 0 Å². The predicted octanol–water partition coefficient (Wildman–Crippen LogP) is 3.10. The lowest BCUT2D eigenvalue weighted by atomic mass is 9.55. The summed E-state index contributed by atoms with van der Waals surface area (Å²) in [7, 11) is 0. The third kappa shape index (κ3) is 1.27. The molecule has 0 heterocycles. The first-order valence-corrected chi connectivity index (χ1v) is 6.52. The number of carbonyl (C=O) groups is 2. The van der Waals surface area contributed by atoms with Crippen LogP contribution in [0.3, 0.4) is 0 Å².